The third-order valence-corrected chi connectivity index (χ3v) is 3.86. The van der Waals surface area contributed by atoms with Crippen molar-refractivity contribution in [3.63, 3.8) is 0 Å². The molecule has 0 amide bonds. The number of guanidine groups is 1. The molecule has 0 radical (unpaired) electrons. The van der Waals surface area contributed by atoms with Crippen LogP contribution < -0.4 is 20.1 Å². The van der Waals surface area contributed by atoms with Gasteiger partial charge in [0, 0.05) is 25.7 Å². The molecule has 0 heterocycles. The maximum absolute atomic E-state index is 5.67. The minimum Gasteiger partial charge on any atom is -0.496 e. The molecule has 2 N–H and O–H groups in total. The molecule has 0 saturated heterocycles. The molecule has 0 aliphatic carbocycles. The predicted molar refractivity (Wildman–Crippen MR) is 123 cm³/mol. The first kappa shape index (κ1) is 23.1. The number of ether oxygens (including phenoxy) is 2. The number of rotatable bonds is 8. The van der Waals surface area contributed by atoms with Gasteiger partial charge in [0.15, 0.2) is 5.96 Å². The average molecular weight is 483 g/mol. The third kappa shape index (κ3) is 8.07. The van der Waals surface area contributed by atoms with E-state index in [1.54, 1.807) is 14.2 Å². The minimum atomic E-state index is 0. The normalized spacial score (nSPS) is 10.9. The molecule has 2 aromatic rings. The van der Waals surface area contributed by atoms with E-state index in [1.807, 2.05) is 50.2 Å². The summed E-state index contributed by atoms with van der Waals surface area (Å²) in [5, 5.41) is 6.66. The minimum absolute atomic E-state index is 0. The molecule has 148 valence electrons. The van der Waals surface area contributed by atoms with Gasteiger partial charge in [0.05, 0.1) is 13.2 Å². The van der Waals surface area contributed by atoms with Crippen molar-refractivity contribution in [3.8, 4) is 11.5 Å². The van der Waals surface area contributed by atoms with Crippen LogP contribution in [0.3, 0.4) is 0 Å². The summed E-state index contributed by atoms with van der Waals surface area (Å²) in [5.41, 5.74) is 2.35. The van der Waals surface area contributed by atoms with Crippen molar-refractivity contribution in [2.45, 2.75) is 32.9 Å². The number of hydrogen-bond acceptors (Lipinski definition) is 3. The molecule has 6 heteroatoms. The third-order valence-electron chi connectivity index (χ3n) is 3.86. The Kier molecular flexibility index (Phi) is 10.6. The van der Waals surface area contributed by atoms with Crippen molar-refractivity contribution in [2.24, 2.45) is 4.99 Å². The Bertz CT molecular complexity index is 703. The molecule has 0 fully saturated rings. The Labute approximate surface area is 179 Å². The molecule has 2 rings (SSSR count). The molecule has 0 atom stereocenters. The lowest BCUT2D eigenvalue weighted by molar-refractivity contribution is 0.242. The number of nitrogens with zero attached hydrogens (tertiary/aromatic N) is 1. The van der Waals surface area contributed by atoms with Gasteiger partial charge in [0.1, 0.15) is 11.5 Å². The van der Waals surface area contributed by atoms with E-state index in [9.17, 15) is 0 Å². The summed E-state index contributed by atoms with van der Waals surface area (Å²) in [7, 11) is 3.46. The van der Waals surface area contributed by atoms with Crippen molar-refractivity contribution in [2.75, 3.05) is 20.7 Å². The van der Waals surface area contributed by atoms with E-state index >= 15 is 0 Å². The highest BCUT2D eigenvalue weighted by Gasteiger charge is 2.04. The highest BCUT2D eigenvalue weighted by Crippen LogP contribution is 2.16. The number of halogens is 1. The fourth-order valence-corrected chi connectivity index (χ4v) is 2.58. The van der Waals surface area contributed by atoms with E-state index < -0.39 is 0 Å². The van der Waals surface area contributed by atoms with Crippen LogP contribution in [0.5, 0.6) is 11.5 Å². The Morgan fingerprint density at radius 2 is 1.74 bits per heavy atom. The number of methoxy groups -OCH3 is 1. The Hall–Kier alpha value is -1.96. The van der Waals surface area contributed by atoms with Crippen molar-refractivity contribution >= 4 is 29.9 Å². The largest absolute Gasteiger partial charge is 0.496 e. The van der Waals surface area contributed by atoms with Crippen molar-refractivity contribution < 1.29 is 9.47 Å². The maximum atomic E-state index is 5.67. The van der Waals surface area contributed by atoms with E-state index in [-0.39, 0.29) is 30.1 Å². The van der Waals surface area contributed by atoms with Crippen LogP contribution in [0.2, 0.25) is 0 Å². The predicted octanol–water partition coefficient (Wildman–Crippen LogP) is 4.01. The fourth-order valence-electron chi connectivity index (χ4n) is 2.58. The van der Waals surface area contributed by atoms with E-state index in [1.165, 1.54) is 5.56 Å². The zero-order valence-corrected chi connectivity index (χ0v) is 18.8. The summed E-state index contributed by atoms with van der Waals surface area (Å²) in [5.74, 6) is 2.56. The van der Waals surface area contributed by atoms with Crippen LogP contribution in [0.15, 0.2) is 53.5 Å². The summed E-state index contributed by atoms with van der Waals surface area (Å²) in [4.78, 5) is 4.27. The first-order chi connectivity index (χ1) is 12.6. The zero-order chi connectivity index (χ0) is 18.8. The van der Waals surface area contributed by atoms with Crippen molar-refractivity contribution in [3.05, 3.63) is 59.7 Å². The van der Waals surface area contributed by atoms with Crippen molar-refractivity contribution in [1.29, 1.82) is 0 Å². The average Bonchev–Trinajstić information content (AvgIpc) is 2.65. The van der Waals surface area contributed by atoms with Gasteiger partial charge >= 0.3 is 0 Å². The first-order valence-corrected chi connectivity index (χ1v) is 8.94. The van der Waals surface area contributed by atoms with Crippen LogP contribution >= 0.6 is 24.0 Å². The van der Waals surface area contributed by atoms with Crippen LogP contribution in [0.1, 0.15) is 25.0 Å². The lowest BCUT2D eigenvalue weighted by Crippen LogP contribution is -2.37. The van der Waals surface area contributed by atoms with E-state index in [2.05, 4.69) is 27.8 Å². The van der Waals surface area contributed by atoms with E-state index in [0.29, 0.717) is 6.54 Å². The molecule has 0 bridgehead atoms. The topological polar surface area (TPSA) is 54.9 Å². The van der Waals surface area contributed by atoms with Gasteiger partial charge < -0.3 is 20.1 Å². The Morgan fingerprint density at radius 3 is 2.37 bits per heavy atom. The van der Waals surface area contributed by atoms with Gasteiger partial charge in [-0.25, -0.2) is 0 Å². The molecule has 5 nitrogen and oxygen atoms in total. The molecule has 0 unspecified atom stereocenters. The van der Waals surface area contributed by atoms with E-state index in [4.69, 9.17) is 9.47 Å². The summed E-state index contributed by atoms with van der Waals surface area (Å²) < 4.78 is 11.0. The van der Waals surface area contributed by atoms with Gasteiger partial charge in [-0.1, -0.05) is 30.3 Å². The lowest BCUT2D eigenvalue weighted by atomic mass is 10.1. The molecule has 0 saturated carbocycles. The van der Waals surface area contributed by atoms with Crippen LogP contribution in [0.25, 0.3) is 0 Å². The molecule has 2 aromatic carbocycles. The van der Waals surface area contributed by atoms with Gasteiger partial charge in [0.2, 0.25) is 0 Å². The summed E-state index contributed by atoms with van der Waals surface area (Å²) in [6, 6.07) is 16.2. The van der Waals surface area contributed by atoms with Crippen LogP contribution in [0.4, 0.5) is 0 Å². The Morgan fingerprint density at radius 1 is 1.04 bits per heavy atom. The SMILES string of the molecule is CN=C(NCCc1ccc(OC(C)C)cc1)NCc1ccccc1OC.I. The maximum Gasteiger partial charge on any atom is 0.191 e. The second-order valence-corrected chi connectivity index (χ2v) is 6.22. The summed E-state index contributed by atoms with van der Waals surface area (Å²) in [6.07, 6.45) is 1.11. The molecule has 0 aliphatic heterocycles. The molecule has 27 heavy (non-hydrogen) atoms. The second-order valence-electron chi connectivity index (χ2n) is 6.22. The van der Waals surface area contributed by atoms with Crippen LogP contribution in [0, 0.1) is 0 Å². The van der Waals surface area contributed by atoms with Gasteiger partial charge in [-0.3, -0.25) is 4.99 Å². The summed E-state index contributed by atoms with van der Waals surface area (Å²) >= 11 is 0. The monoisotopic (exact) mass is 483 g/mol. The second kappa shape index (κ2) is 12.4. The van der Waals surface area contributed by atoms with E-state index in [0.717, 1.165) is 36.0 Å². The molecule has 0 aliphatic rings. The van der Waals surface area contributed by atoms with Crippen LogP contribution in [-0.2, 0) is 13.0 Å². The Balaban J connectivity index is 0.00000364. The smallest absolute Gasteiger partial charge is 0.191 e. The zero-order valence-electron chi connectivity index (χ0n) is 16.5. The van der Waals surface area contributed by atoms with Gasteiger partial charge in [-0.15, -0.1) is 24.0 Å². The molecular formula is C21H30IN3O2. The van der Waals surface area contributed by atoms with Crippen LogP contribution in [-0.4, -0.2) is 32.8 Å². The molecule has 0 aromatic heterocycles. The number of nitrogens with one attached hydrogen (secondary N) is 2. The standard InChI is InChI=1S/C21H29N3O2.HI/c1-16(2)26-19-11-9-17(10-12-19)13-14-23-21(22-3)24-15-18-7-5-6-8-20(18)25-4;/h5-12,16H,13-15H2,1-4H3,(H2,22,23,24);1H. The first-order valence-electron chi connectivity index (χ1n) is 8.94. The fraction of sp³-hybridized carbons (Fsp3) is 0.381. The molecular weight excluding hydrogens is 453 g/mol. The van der Waals surface area contributed by atoms with Gasteiger partial charge in [0.25, 0.3) is 0 Å². The molecule has 0 spiro atoms. The number of para-hydroxylation sites is 1. The summed E-state index contributed by atoms with van der Waals surface area (Å²) in [6.45, 7) is 5.52. The number of benzene rings is 2. The van der Waals surface area contributed by atoms with Gasteiger partial charge in [-0.2, -0.15) is 0 Å². The highest BCUT2D eigenvalue weighted by molar-refractivity contribution is 14.0. The number of aliphatic imine (C=N–C) groups is 1. The van der Waals surface area contributed by atoms with Gasteiger partial charge in [-0.05, 0) is 44.0 Å². The van der Waals surface area contributed by atoms with Crippen molar-refractivity contribution in [1.82, 2.24) is 10.6 Å². The quantitative estimate of drug-likeness (QED) is 0.339. The lowest BCUT2D eigenvalue weighted by Gasteiger charge is -2.14. The number of hydrogen-bond donors (Lipinski definition) is 2. The highest BCUT2D eigenvalue weighted by atomic mass is 127.